The Balaban J connectivity index is 3.69. The summed E-state index contributed by atoms with van der Waals surface area (Å²) in [6, 6.07) is -0.637. The van der Waals surface area contributed by atoms with E-state index in [0.717, 1.165) is 12.8 Å². The highest BCUT2D eigenvalue weighted by Crippen LogP contribution is 1.97. The molecule has 1 unspecified atom stereocenters. The first-order valence-electron chi connectivity index (χ1n) is 3.61. The summed E-state index contributed by atoms with van der Waals surface area (Å²) in [7, 11) is 0. The van der Waals surface area contributed by atoms with E-state index in [2.05, 4.69) is 0 Å². The molecule has 0 bridgehead atoms. The van der Waals surface area contributed by atoms with Crippen molar-refractivity contribution in [3.05, 3.63) is 0 Å². The number of nitrogens with two attached hydrogens (primary N) is 2. The molecule has 0 saturated carbocycles. The zero-order chi connectivity index (χ0) is 8.15. The summed E-state index contributed by atoms with van der Waals surface area (Å²) in [6.07, 6.45) is 1.79. The highest BCUT2D eigenvalue weighted by Gasteiger charge is 2.15. The molecule has 2 atom stereocenters. The number of rotatable bonds is 4. The van der Waals surface area contributed by atoms with Gasteiger partial charge >= 0.3 is 0 Å². The van der Waals surface area contributed by atoms with Crippen LogP contribution in [0.25, 0.3) is 0 Å². The van der Waals surface area contributed by atoms with Gasteiger partial charge in [0.15, 0.2) is 0 Å². The zero-order valence-corrected chi connectivity index (χ0v) is 6.63. The van der Waals surface area contributed by atoms with Crippen molar-refractivity contribution < 1.29 is 4.79 Å². The molecule has 0 aliphatic carbocycles. The molecule has 0 aliphatic heterocycles. The number of hydrogen-bond acceptors (Lipinski definition) is 3. The van der Waals surface area contributed by atoms with Crippen molar-refractivity contribution in [2.24, 2.45) is 11.5 Å². The number of hydrogen-bond donors (Lipinski definition) is 2. The van der Waals surface area contributed by atoms with Crippen molar-refractivity contribution in [1.29, 1.82) is 0 Å². The van der Waals surface area contributed by atoms with Gasteiger partial charge in [0.2, 0.25) is 0 Å². The van der Waals surface area contributed by atoms with Crippen molar-refractivity contribution in [2.45, 2.75) is 38.8 Å². The summed E-state index contributed by atoms with van der Waals surface area (Å²) in [5.74, 6) is -0.0269. The van der Waals surface area contributed by atoms with Gasteiger partial charge in [-0.2, -0.15) is 0 Å². The van der Waals surface area contributed by atoms with E-state index in [0.29, 0.717) is 0 Å². The van der Waals surface area contributed by atoms with Gasteiger partial charge in [-0.3, -0.25) is 4.79 Å². The molecular formula is C7H16N2O. The second kappa shape index (κ2) is 4.41. The van der Waals surface area contributed by atoms with Crippen LogP contribution in [0.4, 0.5) is 0 Å². The van der Waals surface area contributed by atoms with Crippen molar-refractivity contribution in [3.8, 4) is 0 Å². The Morgan fingerprint density at radius 3 is 2.30 bits per heavy atom. The second-order valence-electron chi connectivity index (χ2n) is 2.59. The molecule has 0 saturated heterocycles. The monoisotopic (exact) mass is 144 g/mol. The van der Waals surface area contributed by atoms with Crippen LogP contribution in [-0.4, -0.2) is 17.9 Å². The predicted octanol–water partition coefficient (Wildman–Crippen LogP) is 0.0301. The van der Waals surface area contributed by atoms with Gasteiger partial charge in [0.05, 0.1) is 6.04 Å². The van der Waals surface area contributed by atoms with Crippen LogP contribution in [0.1, 0.15) is 26.7 Å². The summed E-state index contributed by atoms with van der Waals surface area (Å²) in [6.45, 7) is 3.49. The third-order valence-corrected chi connectivity index (χ3v) is 1.55. The predicted molar refractivity (Wildman–Crippen MR) is 41.5 cm³/mol. The van der Waals surface area contributed by atoms with Crippen LogP contribution in [0.3, 0.4) is 0 Å². The lowest BCUT2D eigenvalue weighted by molar-refractivity contribution is -0.118. The highest BCUT2D eigenvalue weighted by molar-refractivity contribution is 5.81. The maximum absolute atomic E-state index is 10.7. The smallest absolute Gasteiger partial charge is 0.148 e. The van der Waals surface area contributed by atoms with Crippen LogP contribution in [0.15, 0.2) is 0 Å². The Bertz CT molecular complexity index is 114. The average Bonchev–Trinajstić information content (AvgIpc) is 1.87. The molecule has 0 rings (SSSR count). The third-order valence-electron chi connectivity index (χ3n) is 1.55. The van der Waals surface area contributed by atoms with Gasteiger partial charge in [0.1, 0.15) is 5.78 Å². The number of Topliss-reactive ketones (excluding diaryl/α,β-unsaturated/α-hetero) is 1. The lowest BCUT2D eigenvalue weighted by Crippen LogP contribution is -2.45. The van der Waals surface area contributed by atoms with Crippen molar-refractivity contribution >= 4 is 5.78 Å². The van der Waals surface area contributed by atoms with Gasteiger partial charge in [-0.15, -0.1) is 0 Å². The normalized spacial score (nSPS) is 16.4. The van der Waals surface area contributed by atoms with Crippen LogP contribution in [0, 0.1) is 0 Å². The Kier molecular flexibility index (Phi) is 4.23. The molecule has 0 aromatic heterocycles. The van der Waals surface area contributed by atoms with Crippen LogP contribution in [-0.2, 0) is 4.79 Å². The molecule has 0 aliphatic rings. The Morgan fingerprint density at radius 2 is 2.00 bits per heavy atom. The average molecular weight is 144 g/mol. The van der Waals surface area contributed by atoms with Gasteiger partial charge in [-0.1, -0.05) is 13.3 Å². The van der Waals surface area contributed by atoms with Crippen molar-refractivity contribution in [2.75, 3.05) is 0 Å². The molecule has 0 fully saturated rings. The number of ketones is 1. The van der Waals surface area contributed by atoms with E-state index in [4.69, 9.17) is 11.5 Å². The minimum atomic E-state index is -0.472. The maximum Gasteiger partial charge on any atom is 0.148 e. The van der Waals surface area contributed by atoms with Crippen LogP contribution >= 0.6 is 0 Å². The summed E-state index contributed by atoms with van der Waals surface area (Å²) in [5.41, 5.74) is 11.1. The van der Waals surface area contributed by atoms with Gasteiger partial charge < -0.3 is 11.5 Å². The molecule has 0 aromatic carbocycles. The van der Waals surface area contributed by atoms with E-state index >= 15 is 0 Å². The van der Waals surface area contributed by atoms with E-state index in [1.54, 1.807) is 0 Å². The van der Waals surface area contributed by atoms with Crippen LogP contribution < -0.4 is 11.5 Å². The van der Waals surface area contributed by atoms with Crippen molar-refractivity contribution in [1.82, 2.24) is 0 Å². The minimum Gasteiger partial charge on any atom is -0.326 e. The summed E-state index contributed by atoms with van der Waals surface area (Å²) < 4.78 is 0. The standard InChI is InChI=1S/C7H16N2O/c1-3-4-6(8)7(9)5(2)10/h6-7H,3-4,8-9H2,1-2H3/t6?,7-/m1/s1. The summed E-state index contributed by atoms with van der Waals surface area (Å²) in [5, 5.41) is 0. The van der Waals surface area contributed by atoms with E-state index in [-0.39, 0.29) is 11.8 Å². The van der Waals surface area contributed by atoms with E-state index < -0.39 is 6.04 Å². The molecule has 0 aromatic rings. The highest BCUT2D eigenvalue weighted by atomic mass is 16.1. The molecule has 0 spiro atoms. The SMILES string of the molecule is CCCC(N)[C@H](N)C(C)=O. The largest absolute Gasteiger partial charge is 0.326 e. The fraction of sp³-hybridized carbons (Fsp3) is 0.857. The minimum absolute atomic E-state index is 0.0269. The van der Waals surface area contributed by atoms with Gasteiger partial charge in [-0.05, 0) is 13.3 Å². The number of carbonyl (C=O) groups is 1. The van der Waals surface area contributed by atoms with E-state index in [1.165, 1.54) is 6.92 Å². The first-order valence-corrected chi connectivity index (χ1v) is 3.61. The molecule has 3 heteroatoms. The Morgan fingerprint density at radius 1 is 1.50 bits per heavy atom. The summed E-state index contributed by atoms with van der Waals surface area (Å²) >= 11 is 0. The van der Waals surface area contributed by atoms with Crippen LogP contribution in [0.2, 0.25) is 0 Å². The first kappa shape index (κ1) is 9.59. The van der Waals surface area contributed by atoms with Gasteiger partial charge in [0, 0.05) is 6.04 Å². The molecule has 4 N–H and O–H groups in total. The maximum atomic E-state index is 10.7. The molecule has 3 nitrogen and oxygen atoms in total. The first-order chi connectivity index (χ1) is 4.59. The second-order valence-corrected chi connectivity index (χ2v) is 2.59. The van der Waals surface area contributed by atoms with Crippen molar-refractivity contribution in [3.63, 3.8) is 0 Å². The topological polar surface area (TPSA) is 69.1 Å². The molecule has 10 heavy (non-hydrogen) atoms. The molecule has 0 radical (unpaired) electrons. The zero-order valence-electron chi connectivity index (χ0n) is 6.63. The Labute approximate surface area is 61.8 Å². The van der Waals surface area contributed by atoms with Crippen LogP contribution in [0.5, 0.6) is 0 Å². The van der Waals surface area contributed by atoms with E-state index in [9.17, 15) is 4.79 Å². The summed E-state index contributed by atoms with van der Waals surface area (Å²) in [4.78, 5) is 10.7. The quantitative estimate of drug-likeness (QED) is 0.585. The van der Waals surface area contributed by atoms with E-state index in [1.807, 2.05) is 6.92 Å². The lowest BCUT2D eigenvalue weighted by atomic mass is 10.0. The third kappa shape index (κ3) is 2.94. The Hall–Kier alpha value is -0.410. The lowest BCUT2D eigenvalue weighted by Gasteiger charge is -2.15. The van der Waals surface area contributed by atoms with Gasteiger partial charge in [0.25, 0.3) is 0 Å². The fourth-order valence-electron chi connectivity index (χ4n) is 0.814. The molecule has 60 valence electrons. The van der Waals surface area contributed by atoms with Gasteiger partial charge in [-0.25, -0.2) is 0 Å². The number of carbonyl (C=O) groups excluding carboxylic acids is 1. The molecular weight excluding hydrogens is 128 g/mol. The molecule has 0 amide bonds. The fourth-order valence-corrected chi connectivity index (χ4v) is 0.814. The molecule has 0 heterocycles.